The van der Waals surface area contributed by atoms with Gasteiger partial charge in [0.2, 0.25) is 5.84 Å². The normalized spacial score (nSPS) is 8.88. The molecule has 0 saturated carbocycles. The summed E-state index contributed by atoms with van der Waals surface area (Å²) in [6, 6.07) is 0. The summed E-state index contributed by atoms with van der Waals surface area (Å²) in [7, 11) is -1.20. The Morgan fingerprint density at radius 1 is 1.38 bits per heavy atom. The third-order valence-corrected chi connectivity index (χ3v) is 1.34. The zero-order chi connectivity index (χ0) is 5.91. The summed E-state index contributed by atoms with van der Waals surface area (Å²) in [5.41, 5.74) is 8.01. The molecule has 0 aliphatic rings. The van der Waals surface area contributed by atoms with E-state index in [0.717, 1.165) is 0 Å². The monoisotopic (exact) mass is 122 g/mol. The maximum atomic E-state index is 8.01. The standard InChI is InChI=1S/C4H10N2Si.Li.H/c1-7(2,3)4-6-5;;/h4H,1-3H3;;. The van der Waals surface area contributed by atoms with Gasteiger partial charge < -0.3 is 5.53 Å². The van der Waals surface area contributed by atoms with Gasteiger partial charge in [-0.3, -0.25) is 0 Å². The van der Waals surface area contributed by atoms with Gasteiger partial charge in [0.25, 0.3) is 0 Å². The zero-order valence-corrected chi connectivity index (χ0v) is 5.97. The first kappa shape index (κ1) is 11.1. The van der Waals surface area contributed by atoms with E-state index in [-0.39, 0.29) is 18.9 Å². The van der Waals surface area contributed by atoms with Gasteiger partial charge in [-0.15, -0.1) is 0 Å². The van der Waals surface area contributed by atoms with E-state index in [4.69, 9.17) is 5.53 Å². The molecule has 2 nitrogen and oxygen atoms in total. The molecule has 0 saturated heterocycles. The van der Waals surface area contributed by atoms with Crippen molar-refractivity contribution in [2.45, 2.75) is 19.6 Å². The quantitative estimate of drug-likeness (QED) is 0.210. The van der Waals surface area contributed by atoms with Crippen LogP contribution in [0.4, 0.5) is 0 Å². The molecule has 0 rings (SSSR count). The average molecular weight is 122 g/mol. The number of rotatable bonds is 1. The Labute approximate surface area is 63.1 Å². The Kier molecular flexibility index (Phi) is 5.68. The van der Waals surface area contributed by atoms with Gasteiger partial charge >= 0.3 is 18.9 Å². The van der Waals surface area contributed by atoms with Gasteiger partial charge in [-0.25, -0.2) is 0 Å². The van der Waals surface area contributed by atoms with Gasteiger partial charge in [-0.05, 0) is 0 Å². The van der Waals surface area contributed by atoms with Crippen molar-refractivity contribution < 1.29 is 4.79 Å². The van der Waals surface area contributed by atoms with Crippen LogP contribution in [0.15, 0.2) is 0 Å². The molecule has 0 aliphatic carbocycles. The molecule has 0 spiro atoms. The van der Waals surface area contributed by atoms with E-state index in [0.29, 0.717) is 0 Å². The summed E-state index contributed by atoms with van der Waals surface area (Å²) in [5, 5.41) is 0. The molecular weight excluding hydrogens is 111 g/mol. The molecule has 0 fully saturated rings. The number of hydrogen-bond donors (Lipinski definition) is 0. The fourth-order valence-corrected chi connectivity index (χ4v) is 0.520. The van der Waals surface area contributed by atoms with Crippen LogP contribution in [0, 0.1) is 0 Å². The van der Waals surface area contributed by atoms with Crippen LogP contribution in [0.2, 0.25) is 19.6 Å². The fourth-order valence-electron chi connectivity index (χ4n) is 0.173. The van der Waals surface area contributed by atoms with Crippen molar-refractivity contribution in [1.82, 2.24) is 0 Å². The van der Waals surface area contributed by atoms with Gasteiger partial charge in [0.15, 0.2) is 8.07 Å². The van der Waals surface area contributed by atoms with E-state index in [1.807, 2.05) is 0 Å². The molecule has 0 radical (unpaired) electrons. The summed E-state index contributed by atoms with van der Waals surface area (Å²) in [5.74, 6) is 1.63. The van der Waals surface area contributed by atoms with Crippen molar-refractivity contribution in [2.75, 3.05) is 0 Å². The van der Waals surface area contributed by atoms with Gasteiger partial charge in [-0.1, -0.05) is 19.6 Å². The zero-order valence-electron chi connectivity index (χ0n) is 4.97. The Hall–Kier alpha value is 0.194. The second-order valence-corrected chi connectivity index (χ2v) is 7.60. The molecule has 0 aromatic rings. The Bertz CT molecular complexity index is 101. The summed E-state index contributed by atoms with van der Waals surface area (Å²) >= 11 is 0. The molecule has 8 heavy (non-hydrogen) atoms. The second-order valence-electron chi connectivity index (χ2n) is 2.61. The first-order valence-corrected chi connectivity index (χ1v) is 5.82. The third kappa shape index (κ3) is 9.50. The predicted molar refractivity (Wildman–Crippen MR) is 40.2 cm³/mol. The molecule has 0 aromatic carbocycles. The van der Waals surface area contributed by atoms with E-state index in [2.05, 4.69) is 24.4 Å². The molecule has 0 aromatic heterocycles. The van der Waals surface area contributed by atoms with Crippen molar-refractivity contribution >= 4 is 32.8 Å². The van der Waals surface area contributed by atoms with Crippen LogP contribution in [-0.4, -0.2) is 37.6 Å². The number of hydrogen-bond acceptors (Lipinski definition) is 0. The number of nitrogens with zero attached hydrogens (tertiary/aromatic N) is 2. The molecule has 0 N–H and O–H groups in total. The van der Waals surface area contributed by atoms with Crippen LogP contribution in [-0.2, 0) is 0 Å². The van der Waals surface area contributed by atoms with E-state index in [9.17, 15) is 0 Å². The van der Waals surface area contributed by atoms with E-state index >= 15 is 0 Å². The van der Waals surface area contributed by atoms with Gasteiger partial charge in [0, 0.05) is 0 Å². The summed E-state index contributed by atoms with van der Waals surface area (Å²) < 4.78 is 0. The molecular formula is C4H11LiN2Si. The van der Waals surface area contributed by atoms with Gasteiger partial charge in [-0.2, -0.15) is 4.79 Å². The predicted octanol–water partition coefficient (Wildman–Crippen LogP) is 0.516. The summed E-state index contributed by atoms with van der Waals surface area (Å²) in [4.78, 5) is 2.94. The van der Waals surface area contributed by atoms with E-state index in [1.54, 1.807) is 5.84 Å². The Morgan fingerprint density at radius 2 is 1.75 bits per heavy atom. The maximum absolute atomic E-state index is 8.01. The molecule has 0 unspecified atom stereocenters. The SMILES string of the molecule is C[Si](C)(C)C=[N+]=[N-].[LiH]. The first-order chi connectivity index (χ1) is 3.06. The van der Waals surface area contributed by atoms with Crippen LogP contribution in [0.3, 0.4) is 0 Å². The second kappa shape index (κ2) is 4.11. The fraction of sp³-hybridized carbons (Fsp3) is 0.750. The van der Waals surface area contributed by atoms with Crippen molar-refractivity contribution in [3.63, 3.8) is 0 Å². The van der Waals surface area contributed by atoms with E-state index in [1.165, 1.54) is 0 Å². The summed E-state index contributed by atoms with van der Waals surface area (Å²) in [6.45, 7) is 6.31. The van der Waals surface area contributed by atoms with Crippen LogP contribution in [0.5, 0.6) is 0 Å². The first-order valence-electron chi connectivity index (χ1n) is 2.25. The third-order valence-electron chi connectivity index (χ3n) is 0.445. The van der Waals surface area contributed by atoms with Crippen molar-refractivity contribution in [3.05, 3.63) is 5.53 Å². The minimum atomic E-state index is -1.20. The Balaban J connectivity index is 0. The molecule has 4 heteroatoms. The van der Waals surface area contributed by atoms with Crippen molar-refractivity contribution in [1.29, 1.82) is 0 Å². The molecule has 0 heterocycles. The van der Waals surface area contributed by atoms with Crippen LogP contribution >= 0.6 is 0 Å². The molecule has 0 aliphatic heterocycles. The van der Waals surface area contributed by atoms with Crippen LogP contribution in [0.1, 0.15) is 0 Å². The van der Waals surface area contributed by atoms with Crippen molar-refractivity contribution in [2.24, 2.45) is 0 Å². The molecule has 0 amide bonds. The van der Waals surface area contributed by atoms with Gasteiger partial charge in [0.1, 0.15) is 0 Å². The molecule has 0 bridgehead atoms. The van der Waals surface area contributed by atoms with E-state index < -0.39 is 8.07 Å². The Morgan fingerprint density at radius 3 is 1.75 bits per heavy atom. The van der Waals surface area contributed by atoms with Crippen molar-refractivity contribution in [3.8, 4) is 0 Å². The van der Waals surface area contributed by atoms with Crippen LogP contribution in [0.25, 0.3) is 5.53 Å². The van der Waals surface area contributed by atoms with Gasteiger partial charge in [0.05, 0.1) is 0 Å². The molecule has 42 valence electrons. The average Bonchev–Trinajstić information content (AvgIpc) is 1.30. The van der Waals surface area contributed by atoms with Crippen LogP contribution < -0.4 is 0 Å². The molecule has 0 atom stereocenters. The minimum absolute atomic E-state index is 0. The topological polar surface area (TPSA) is 36.4 Å². The summed E-state index contributed by atoms with van der Waals surface area (Å²) in [6.07, 6.45) is 0.